The molecule has 5 aliphatic rings. The highest BCUT2D eigenvalue weighted by Crippen LogP contribution is 2.50. The number of rotatable bonds is 12. The summed E-state index contributed by atoms with van der Waals surface area (Å²) < 4.78 is 202. The average molecular weight is 1210 g/mol. The Morgan fingerprint density at radius 2 is 1.12 bits per heavy atom. The molecule has 438 valence electrons. The highest BCUT2D eigenvalue weighted by atomic mass is 35.5. The number of fused-ring (bicyclic) bond motifs is 2. The van der Waals surface area contributed by atoms with Crippen molar-refractivity contribution in [1.29, 1.82) is 0 Å². The lowest BCUT2D eigenvalue weighted by Gasteiger charge is -2.31. The third-order valence-electron chi connectivity index (χ3n) is 15.5. The maximum atomic E-state index is 13.9. The van der Waals surface area contributed by atoms with Gasteiger partial charge in [0.15, 0.2) is 5.78 Å². The van der Waals surface area contributed by atoms with Crippen molar-refractivity contribution in [3.8, 4) is 0 Å². The smallest absolute Gasteiger partial charge is 0.383 e. The standard InChI is InChI=1S/C29H24ClF7N2O2.C28H24ClF7N2O3/c1-15(16-8-18(28(32,33)34)12-19(9-16)29(35,36)37)41-25-14-39-24(26(25)22-6-5-20(31)13-23(22)30)11-17(27(39)40)10-21-4-2-3-7-38-21;1-13(14-6-15(27(31,32)33)8-16(7-14)28(34,35)36)41-23-12-38-24(40)11-22(37-18-3-4-19(39)10-18)26(38)25(23)20-5-2-17(30)9-21(20)29/h2-9,12-13,15,17,24-26H,10-11,14H2,1H3;2,5-10,13,22-23,25-26,37H,3-4,11-12H2,1H3/t15-,17?,24+,25+,26+;13-,22?,23+,25-,26+/m11/s1. The molecular weight excluding hydrogens is 1160 g/mol. The van der Waals surface area contributed by atoms with Crippen LogP contribution in [0.25, 0.3) is 0 Å². The van der Waals surface area contributed by atoms with Crippen LogP contribution in [-0.2, 0) is 55.0 Å². The molecule has 82 heavy (non-hydrogen) atoms. The first kappa shape index (κ1) is 60.3. The molecule has 1 aromatic heterocycles. The van der Waals surface area contributed by atoms with Gasteiger partial charge in [0.2, 0.25) is 11.8 Å². The maximum absolute atomic E-state index is 13.9. The molecule has 2 unspecified atom stereocenters. The van der Waals surface area contributed by atoms with Crippen LogP contribution in [0.15, 0.2) is 109 Å². The monoisotopic (exact) mass is 1200 g/mol. The molecule has 25 heteroatoms. The molecule has 4 saturated heterocycles. The van der Waals surface area contributed by atoms with Gasteiger partial charge in [-0.1, -0.05) is 41.4 Å². The summed E-state index contributed by atoms with van der Waals surface area (Å²) in [5.41, 5.74) is -4.23. The van der Waals surface area contributed by atoms with E-state index in [-0.39, 0.29) is 70.4 Å². The van der Waals surface area contributed by atoms with Gasteiger partial charge in [-0.15, -0.1) is 0 Å². The second-order valence-corrected chi connectivity index (χ2v) is 21.7. The number of carbonyl (C=O) groups is 3. The second-order valence-electron chi connectivity index (χ2n) is 20.8. The van der Waals surface area contributed by atoms with Gasteiger partial charge in [0.05, 0.1) is 58.8 Å². The van der Waals surface area contributed by atoms with E-state index in [9.17, 15) is 75.8 Å². The molecular formula is C57H48Cl2F14N4O5. The van der Waals surface area contributed by atoms with Crippen LogP contribution >= 0.6 is 23.2 Å². The molecule has 9 nitrogen and oxygen atoms in total. The topological polar surface area (TPSA) is 101 Å². The van der Waals surface area contributed by atoms with Gasteiger partial charge in [-0.2, -0.15) is 52.7 Å². The fourth-order valence-corrected chi connectivity index (χ4v) is 12.4. The number of hydrogen-bond acceptors (Lipinski definition) is 7. The number of ether oxygens (including phenoxy) is 2. The lowest BCUT2D eigenvalue weighted by atomic mass is 9.85. The van der Waals surface area contributed by atoms with Crippen LogP contribution in [-0.4, -0.2) is 75.8 Å². The average Bonchev–Trinajstić information content (AvgIpc) is 2.43. The summed E-state index contributed by atoms with van der Waals surface area (Å²) in [6, 6.07) is 13.9. The molecule has 1 N–H and O–H groups in total. The molecule has 10 rings (SSSR count). The number of benzene rings is 4. The Hall–Kier alpha value is -6.30. The van der Waals surface area contributed by atoms with Crippen molar-refractivity contribution < 1.29 is 85.3 Å². The second kappa shape index (κ2) is 23.0. The summed E-state index contributed by atoms with van der Waals surface area (Å²) >= 11 is 12.8. The normalized spacial score (nSPS) is 24.6. The van der Waals surface area contributed by atoms with Gasteiger partial charge in [-0.05, 0) is 122 Å². The predicted octanol–water partition coefficient (Wildman–Crippen LogP) is 14.2. The van der Waals surface area contributed by atoms with E-state index >= 15 is 0 Å². The van der Waals surface area contributed by atoms with Crippen molar-refractivity contribution in [2.45, 2.75) is 125 Å². The summed E-state index contributed by atoms with van der Waals surface area (Å²) in [5.74, 6) is -3.39. The minimum absolute atomic E-state index is 0.0204. The Labute approximate surface area is 469 Å². The molecule has 2 amide bonds. The van der Waals surface area contributed by atoms with Crippen LogP contribution in [0.2, 0.25) is 10.0 Å². The fourth-order valence-electron chi connectivity index (χ4n) is 11.8. The number of allylic oxidation sites excluding steroid dienone is 2. The van der Waals surface area contributed by atoms with E-state index in [0.29, 0.717) is 66.8 Å². The van der Waals surface area contributed by atoms with Crippen LogP contribution in [0.4, 0.5) is 61.5 Å². The van der Waals surface area contributed by atoms with Crippen LogP contribution in [0.5, 0.6) is 0 Å². The molecule has 4 aliphatic heterocycles. The van der Waals surface area contributed by atoms with Crippen molar-refractivity contribution in [3.05, 3.63) is 181 Å². The molecule has 1 aliphatic carbocycles. The number of alkyl halides is 12. The summed E-state index contributed by atoms with van der Waals surface area (Å²) in [7, 11) is 0. The van der Waals surface area contributed by atoms with Crippen molar-refractivity contribution in [2.24, 2.45) is 5.92 Å². The van der Waals surface area contributed by atoms with E-state index < -0.39 is 119 Å². The number of nitrogens with zero attached hydrogens (tertiary/aromatic N) is 3. The number of aromatic nitrogens is 1. The Bertz CT molecular complexity index is 3200. The number of nitrogens with one attached hydrogen (secondary N) is 1. The van der Waals surface area contributed by atoms with Gasteiger partial charge < -0.3 is 24.6 Å². The molecule has 0 spiro atoms. The molecule has 0 bridgehead atoms. The lowest BCUT2D eigenvalue weighted by molar-refractivity contribution is -0.145. The van der Waals surface area contributed by atoms with Gasteiger partial charge in [0, 0.05) is 89.9 Å². The van der Waals surface area contributed by atoms with Gasteiger partial charge in [0.25, 0.3) is 0 Å². The molecule has 0 saturated carbocycles. The summed E-state index contributed by atoms with van der Waals surface area (Å²) in [4.78, 5) is 45.6. The highest BCUT2D eigenvalue weighted by Gasteiger charge is 2.56. The summed E-state index contributed by atoms with van der Waals surface area (Å²) in [5, 5.41) is 3.36. The van der Waals surface area contributed by atoms with Crippen molar-refractivity contribution >= 4 is 40.8 Å². The summed E-state index contributed by atoms with van der Waals surface area (Å²) in [6.45, 7) is 2.70. The van der Waals surface area contributed by atoms with Gasteiger partial charge >= 0.3 is 24.7 Å². The van der Waals surface area contributed by atoms with E-state index in [2.05, 4.69) is 10.3 Å². The SMILES string of the molecule is C[C@@H](O[C@H]1CN2C(=O)C(Cc3ccccn3)C[C@H]2[C@@H]1c1ccc(F)cc1Cl)c1cc(C(F)(F)F)cc(C(F)(F)F)c1.C[C@@H](O[C@H]1CN2C(=O)CC(NC3=CC(=O)CC3)[C@H]2[C@@H]1c1ccc(F)cc1Cl)c1cc(C(F)(F)F)cc(C(F)(F)F)c1. The first-order chi connectivity index (χ1) is 38.3. The van der Waals surface area contributed by atoms with Crippen LogP contribution in [0, 0.1) is 17.6 Å². The first-order valence-electron chi connectivity index (χ1n) is 25.6. The van der Waals surface area contributed by atoms with Gasteiger partial charge in [0.1, 0.15) is 11.6 Å². The van der Waals surface area contributed by atoms with E-state index in [1.54, 1.807) is 17.2 Å². The van der Waals surface area contributed by atoms with E-state index in [1.165, 1.54) is 49.1 Å². The number of ketones is 1. The van der Waals surface area contributed by atoms with Crippen molar-refractivity contribution in [1.82, 2.24) is 20.1 Å². The first-order valence-corrected chi connectivity index (χ1v) is 26.4. The Kier molecular flexibility index (Phi) is 16.9. The van der Waals surface area contributed by atoms with Gasteiger partial charge in [-0.25, -0.2) is 8.78 Å². The molecule has 4 fully saturated rings. The van der Waals surface area contributed by atoms with Crippen LogP contribution in [0.3, 0.4) is 0 Å². The quantitative estimate of drug-likeness (QED) is 0.124. The largest absolute Gasteiger partial charge is 0.416 e. The van der Waals surface area contributed by atoms with Crippen LogP contribution < -0.4 is 5.32 Å². The zero-order chi connectivity index (χ0) is 59.5. The zero-order valence-electron chi connectivity index (χ0n) is 43.0. The molecule has 4 aromatic carbocycles. The van der Waals surface area contributed by atoms with E-state index in [0.717, 1.165) is 17.8 Å². The third kappa shape index (κ3) is 13.1. The number of hydrogen-bond donors (Lipinski definition) is 1. The van der Waals surface area contributed by atoms with E-state index in [4.69, 9.17) is 32.7 Å². The molecule has 5 aromatic rings. The van der Waals surface area contributed by atoms with E-state index in [1.807, 2.05) is 12.1 Å². The molecule has 10 atom stereocenters. The fraction of sp³-hybridized carbons (Fsp3) is 0.404. The summed E-state index contributed by atoms with van der Waals surface area (Å²) in [6.07, 6.45) is -19.5. The maximum Gasteiger partial charge on any atom is 0.416 e. The molecule has 5 heterocycles. The number of amides is 2. The lowest BCUT2D eigenvalue weighted by Crippen LogP contribution is -2.42. The molecule has 0 radical (unpaired) electrons. The minimum Gasteiger partial charge on any atom is -0.383 e. The Morgan fingerprint density at radius 1 is 0.634 bits per heavy atom. The predicted molar refractivity (Wildman–Crippen MR) is 269 cm³/mol. The minimum atomic E-state index is -5.03. The highest BCUT2D eigenvalue weighted by molar-refractivity contribution is 6.31. The Morgan fingerprint density at radius 3 is 1.57 bits per heavy atom. The van der Waals surface area contributed by atoms with Gasteiger partial charge in [-0.3, -0.25) is 19.4 Å². The zero-order valence-corrected chi connectivity index (χ0v) is 44.5. The number of pyridine rings is 1. The van der Waals surface area contributed by atoms with Crippen molar-refractivity contribution in [3.63, 3.8) is 0 Å². The number of halogens is 16. The number of carbonyl (C=O) groups excluding carboxylic acids is 3. The van der Waals surface area contributed by atoms with Crippen LogP contribution in [0.1, 0.15) is 114 Å². The third-order valence-corrected chi connectivity index (χ3v) is 16.1. The Balaban J connectivity index is 0.000000198. The van der Waals surface area contributed by atoms with Crippen molar-refractivity contribution in [2.75, 3.05) is 13.1 Å².